The average Bonchev–Trinajstić information content (AvgIpc) is 3.25. The largest absolute Gasteiger partial charge is 0.490 e. The van der Waals surface area contributed by atoms with E-state index in [1.54, 1.807) is 0 Å². The van der Waals surface area contributed by atoms with Gasteiger partial charge < -0.3 is 9.84 Å². The lowest BCUT2D eigenvalue weighted by Crippen LogP contribution is -2.35. The SMILES string of the molecule is CCOCC1CN(Cc2cnn(C)c2)Cc2c1cnn2CC.O=C(O)C(F)(F)F. The molecule has 1 aliphatic heterocycles. The third kappa shape index (κ3) is 6.29. The Morgan fingerprint density at radius 2 is 2.00 bits per heavy atom. The van der Waals surface area contributed by atoms with Crippen LogP contribution in [-0.4, -0.2) is 61.5 Å². The second-order valence-electron chi connectivity index (χ2n) is 6.71. The number of ether oxygens (including phenoxy) is 1. The molecule has 0 aliphatic carbocycles. The van der Waals surface area contributed by atoms with Gasteiger partial charge in [0.2, 0.25) is 0 Å². The summed E-state index contributed by atoms with van der Waals surface area (Å²) in [6, 6.07) is 0. The molecule has 0 fully saturated rings. The first-order valence-corrected chi connectivity index (χ1v) is 9.27. The van der Waals surface area contributed by atoms with E-state index in [9.17, 15) is 13.2 Å². The molecule has 11 heteroatoms. The van der Waals surface area contributed by atoms with Crippen LogP contribution in [0.15, 0.2) is 18.6 Å². The first-order chi connectivity index (χ1) is 13.7. The lowest BCUT2D eigenvalue weighted by atomic mass is 9.95. The highest BCUT2D eigenvalue weighted by Gasteiger charge is 2.38. The van der Waals surface area contributed by atoms with Crippen molar-refractivity contribution in [2.24, 2.45) is 7.05 Å². The minimum Gasteiger partial charge on any atom is -0.475 e. The highest BCUT2D eigenvalue weighted by atomic mass is 19.4. The smallest absolute Gasteiger partial charge is 0.475 e. The van der Waals surface area contributed by atoms with Gasteiger partial charge in [0.15, 0.2) is 0 Å². The summed E-state index contributed by atoms with van der Waals surface area (Å²) >= 11 is 0. The fourth-order valence-corrected chi connectivity index (χ4v) is 3.23. The summed E-state index contributed by atoms with van der Waals surface area (Å²) in [5.41, 5.74) is 3.95. The number of halogens is 3. The topological polar surface area (TPSA) is 85.4 Å². The maximum atomic E-state index is 10.6. The first kappa shape index (κ1) is 22.9. The van der Waals surface area contributed by atoms with Crippen molar-refractivity contribution in [2.45, 2.75) is 45.6 Å². The Labute approximate surface area is 166 Å². The Morgan fingerprint density at radius 3 is 2.52 bits per heavy atom. The van der Waals surface area contributed by atoms with Crippen molar-refractivity contribution in [3.05, 3.63) is 35.4 Å². The molecule has 0 spiro atoms. The fourth-order valence-electron chi connectivity index (χ4n) is 3.23. The number of hydrogen-bond acceptors (Lipinski definition) is 5. The maximum absolute atomic E-state index is 10.6. The Morgan fingerprint density at radius 1 is 1.31 bits per heavy atom. The molecule has 3 heterocycles. The van der Waals surface area contributed by atoms with Gasteiger partial charge in [0, 0.05) is 63.1 Å². The van der Waals surface area contributed by atoms with E-state index >= 15 is 0 Å². The summed E-state index contributed by atoms with van der Waals surface area (Å²) in [6.07, 6.45) is 0.984. The number of rotatable bonds is 6. The quantitative estimate of drug-likeness (QED) is 0.777. The number of aliphatic carboxylic acids is 1. The Kier molecular flexibility index (Phi) is 7.80. The van der Waals surface area contributed by atoms with Crippen LogP contribution in [0.25, 0.3) is 0 Å². The van der Waals surface area contributed by atoms with Crippen LogP contribution in [0.1, 0.15) is 36.6 Å². The molecule has 1 unspecified atom stereocenters. The van der Waals surface area contributed by atoms with Crippen molar-refractivity contribution < 1.29 is 27.8 Å². The van der Waals surface area contributed by atoms with Crippen LogP contribution < -0.4 is 0 Å². The van der Waals surface area contributed by atoms with Gasteiger partial charge in [-0.15, -0.1) is 0 Å². The molecule has 2 aromatic heterocycles. The lowest BCUT2D eigenvalue weighted by Gasteiger charge is -2.32. The predicted octanol–water partition coefficient (Wildman–Crippen LogP) is 2.41. The maximum Gasteiger partial charge on any atom is 0.490 e. The summed E-state index contributed by atoms with van der Waals surface area (Å²) in [4.78, 5) is 11.4. The summed E-state index contributed by atoms with van der Waals surface area (Å²) in [7, 11) is 1.96. The number of carboxylic acid groups (broad SMARTS) is 1. The lowest BCUT2D eigenvalue weighted by molar-refractivity contribution is -0.192. The van der Waals surface area contributed by atoms with Crippen molar-refractivity contribution in [1.82, 2.24) is 24.5 Å². The standard InChI is InChI=1S/C16H25N5O.C2HF3O2/c1-4-21-16-11-20(9-13-6-17-19(3)8-13)10-14(12-22-5-2)15(16)7-18-21;3-2(4,5)1(6)7/h6-8,14H,4-5,9-12H2,1-3H3;(H,6,7). The molecule has 29 heavy (non-hydrogen) atoms. The van der Waals surface area contributed by atoms with Crippen LogP contribution in [0.3, 0.4) is 0 Å². The van der Waals surface area contributed by atoms with E-state index in [4.69, 9.17) is 14.6 Å². The number of aryl methyl sites for hydroxylation is 2. The van der Waals surface area contributed by atoms with Crippen LogP contribution >= 0.6 is 0 Å². The van der Waals surface area contributed by atoms with Gasteiger partial charge >= 0.3 is 12.1 Å². The second-order valence-corrected chi connectivity index (χ2v) is 6.71. The van der Waals surface area contributed by atoms with Crippen LogP contribution in [0.4, 0.5) is 13.2 Å². The van der Waals surface area contributed by atoms with Crippen molar-refractivity contribution in [3.8, 4) is 0 Å². The van der Waals surface area contributed by atoms with Crippen molar-refractivity contribution in [1.29, 1.82) is 0 Å². The van der Waals surface area contributed by atoms with E-state index in [1.807, 2.05) is 31.0 Å². The Bertz CT molecular complexity index is 803. The number of carboxylic acids is 1. The summed E-state index contributed by atoms with van der Waals surface area (Å²) in [6.45, 7) is 9.51. The fraction of sp³-hybridized carbons (Fsp3) is 0.611. The normalized spacial score (nSPS) is 16.8. The Balaban J connectivity index is 0.000000370. The van der Waals surface area contributed by atoms with Crippen LogP contribution in [0, 0.1) is 0 Å². The molecule has 1 atom stereocenters. The minimum atomic E-state index is -5.08. The van der Waals surface area contributed by atoms with E-state index in [0.717, 1.165) is 39.4 Å². The number of fused-ring (bicyclic) bond motifs is 1. The molecule has 2 aromatic rings. The third-order valence-corrected chi connectivity index (χ3v) is 4.50. The monoisotopic (exact) mass is 417 g/mol. The number of hydrogen-bond donors (Lipinski definition) is 1. The van der Waals surface area contributed by atoms with E-state index < -0.39 is 12.1 Å². The predicted molar refractivity (Wildman–Crippen MR) is 98.1 cm³/mol. The zero-order chi connectivity index (χ0) is 21.6. The zero-order valence-corrected chi connectivity index (χ0v) is 16.7. The van der Waals surface area contributed by atoms with E-state index in [2.05, 4.69) is 32.9 Å². The van der Waals surface area contributed by atoms with Crippen molar-refractivity contribution in [2.75, 3.05) is 19.8 Å². The summed E-state index contributed by atoms with van der Waals surface area (Å²) in [5, 5.41) is 15.9. The molecule has 0 saturated heterocycles. The minimum absolute atomic E-state index is 0.403. The molecule has 1 aliphatic rings. The molecule has 8 nitrogen and oxygen atoms in total. The molecule has 0 amide bonds. The van der Waals surface area contributed by atoms with Gasteiger partial charge in [-0.2, -0.15) is 23.4 Å². The van der Waals surface area contributed by atoms with Gasteiger partial charge in [-0.1, -0.05) is 0 Å². The van der Waals surface area contributed by atoms with E-state index in [1.165, 1.54) is 16.8 Å². The molecular formula is C18H26F3N5O3. The summed E-state index contributed by atoms with van der Waals surface area (Å²) < 4.78 is 41.4. The van der Waals surface area contributed by atoms with E-state index in [0.29, 0.717) is 5.92 Å². The number of aromatic nitrogens is 4. The second kappa shape index (κ2) is 9.88. The van der Waals surface area contributed by atoms with Crippen LogP contribution in [0.5, 0.6) is 0 Å². The first-order valence-electron chi connectivity index (χ1n) is 9.27. The molecule has 1 N–H and O–H groups in total. The van der Waals surface area contributed by atoms with Gasteiger partial charge in [-0.3, -0.25) is 14.3 Å². The van der Waals surface area contributed by atoms with Crippen LogP contribution in [-0.2, 0) is 36.2 Å². The molecular weight excluding hydrogens is 391 g/mol. The average molecular weight is 417 g/mol. The van der Waals surface area contributed by atoms with Crippen molar-refractivity contribution >= 4 is 5.97 Å². The third-order valence-electron chi connectivity index (χ3n) is 4.50. The number of nitrogens with zero attached hydrogens (tertiary/aromatic N) is 5. The molecule has 3 rings (SSSR count). The number of carbonyl (C=O) groups is 1. The van der Waals surface area contributed by atoms with Gasteiger partial charge in [0.25, 0.3) is 0 Å². The van der Waals surface area contributed by atoms with Crippen molar-refractivity contribution in [3.63, 3.8) is 0 Å². The molecule has 0 radical (unpaired) electrons. The molecule has 0 aromatic carbocycles. The molecule has 0 bridgehead atoms. The van der Waals surface area contributed by atoms with E-state index in [-0.39, 0.29) is 0 Å². The van der Waals surface area contributed by atoms with Gasteiger partial charge in [-0.25, -0.2) is 4.79 Å². The van der Waals surface area contributed by atoms with Gasteiger partial charge in [0.05, 0.1) is 24.7 Å². The summed E-state index contributed by atoms with van der Waals surface area (Å²) in [5.74, 6) is -2.35. The number of alkyl halides is 3. The van der Waals surface area contributed by atoms with Gasteiger partial charge in [-0.05, 0) is 13.8 Å². The molecule has 162 valence electrons. The zero-order valence-electron chi connectivity index (χ0n) is 16.7. The van der Waals surface area contributed by atoms with Crippen LogP contribution in [0.2, 0.25) is 0 Å². The highest BCUT2D eigenvalue weighted by Crippen LogP contribution is 2.29. The highest BCUT2D eigenvalue weighted by molar-refractivity contribution is 5.73. The van der Waals surface area contributed by atoms with Gasteiger partial charge in [0.1, 0.15) is 0 Å². The molecule has 0 saturated carbocycles. The Hall–Kier alpha value is -2.40.